The van der Waals surface area contributed by atoms with Crippen LogP contribution >= 0.6 is 35.0 Å². The van der Waals surface area contributed by atoms with Crippen LogP contribution in [-0.4, -0.2) is 27.0 Å². The van der Waals surface area contributed by atoms with Gasteiger partial charge >= 0.3 is 0 Å². The van der Waals surface area contributed by atoms with E-state index in [0.717, 1.165) is 29.9 Å². The molecule has 148 valence electrons. The average molecular weight is 447 g/mol. The van der Waals surface area contributed by atoms with Crippen LogP contribution in [0.1, 0.15) is 31.9 Å². The maximum absolute atomic E-state index is 12.5. The van der Waals surface area contributed by atoms with Gasteiger partial charge in [-0.25, -0.2) is 0 Å². The van der Waals surface area contributed by atoms with Crippen LogP contribution in [0.4, 0.5) is 0 Å². The topological polar surface area (TPSA) is 82.0 Å². The number of benzene rings is 1. The number of hydrogen-bond donors (Lipinski definition) is 1. The van der Waals surface area contributed by atoms with Gasteiger partial charge in [0.1, 0.15) is 16.6 Å². The normalized spacial score (nSPS) is 17.6. The van der Waals surface area contributed by atoms with Crippen LogP contribution in [0.25, 0.3) is 17.4 Å². The first-order chi connectivity index (χ1) is 13.9. The number of carbonyl (C=O) groups is 1. The van der Waals surface area contributed by atoms with E-state index in [4.69, 9.17) is 33.0 Å². The molecule has 2 aliphatic heterocycles. The van der Waals surface area contributed by atoms with Gasteiger partial charge in [-0.05, 0) is 61.0 Å². The minimum absolute atomic E-state index is 0.0113. The first kappa shape index (κ1) is 19.9. The molecule has 9 heteroatoms. The summed E-state index contributed by atoms with van der Waals surface area (Å²) in [7, 11) is 0. The van der Waals surface area contributed by atoms with Gasteiger partial charge in [-0.3, -0.25) is 10.2 Å². The lowest BCUT2D eigenvalue weighted by Crippen LogP contribution is -2.35. The van der Waals surface area contributed by atoms with E-state index >= 15 is 0 Å². The van der Waals surface area contributed by atoms with Crippen LogP contribution < -0.4 is 0 Å². The van der Waals surface area contributed by atoms with Gasteiger partial charge in [-0.15, -0.1) is 0 Å². The summed E-state index contributed by atoms with van der Waals surface area (Å²) < 4.78 is 5.81. The minimum atomic E-state index is -0.482. The summed E-state index contributed by atoms with van der Waals surface area (Å²) in [5.41, 5.74) is 0.846. The van der Waals surface area contributed by atoms with E-state index in [1.807, 2.05) is 0 Å². The summed E-state index contributed by atoms with van der Waals surface area (Å²) in [6, 6.07) is 8.58. The standard InChI is InChI=1S/C20H16Cl2N4O2S/c1-2-3-4-17-25-26-18(23)15(19(27)24-20(26)29-17)10-14-5-6-16(28-14)11-7-12(21)9-13(22)8-11/h5-10,23H,2-4H2,1H3/b15-10-,23-18?. The molecule has 0 radical (unpaired) electrons. The van der Waals surface area contributed by atoms with Gasteiger partial charge in [-0.2, -0.15) is 15.1 Å². The number of rotatable bonds is 5. The summed E-state index contributed by atoms with van der Waals surface area (Å²) in [5.74, 6) is 0.480. The first-order valence-electron chi connectivity index (χ1n) is 9.00. The molecule has 1 aromatic heterocycles. The number of thioether (sulfide) groups is 1. The lowest BCUT2D eigenvalue weighted by Gasteiger charge is -2.19. The highest BCUT2D eigenvalue weighted by atomic mass is 35.5. The smallest absolute Gasteiger partial charge is 0.283 e. The highest BCUT2D eigenvalue weighted by molar-refractivity contribution is 8.26. The third-order valence-corrected chi connectivity index (χ3v) is 5.71. The number of amidine groups is 2. The summed E-state index contributed by atoms with van der Waals surface area (Å²) in [6.07, 6.45) is 4.36. The van der Waals surface area contributed by atoms with Crippen molar-refractivity contribution in [2.24, 2.45) is 10.1 Å². The average Bonchev–Trinajstić information content (AvgIpc) is 3.29. The van der Waals surface area contributed by atoms with E-state index in [1.165, 1.54) is 22.8 Å². The zero-order valence-electron chi connectivity index (χ0n) is 15.4. The number of amides is 1. The second-order valence-corrected chi connectivity index (χ2v) is 8.39. The molecule has 0 unspecified atom stereocenters. The number of hydrazone groups is 1. The summed E-state index contributed by atoms with van der Waals surface area (Å²) >= 11 is 13.4. The van der Waals surface area contributed by atoms with Gasteiger partial charge in [0.2, 0.25) is 5.17 Å². The van der Waals surface area contributed by atoms with Crippen molar-refractivity contribution in [1.82, 2.24) is 5.01 Å². The lowest BCUT2D eigenvalue weighted by atomic mass is 10.1. The number of nitrogens with one attached hydrogen (secondary N) is 1. The molecule has 2 aliphatic rings. The van der Waals surface area contributed by atoms with E-state index in [2.05, 4.69) is 17.0 Å². The Hall–Kier alpha value is -2.35. The maximum atomic E-state index is 12.5. The van der Waals surface area contributed by atoms with Crippen molar-refractivity contribution in [3.05, 3.63) is 51.7 Å². The van der Waals surface area contributed by atoms with E-state index < -0.39 is 5.91 Å². The number of fused-ring (bicyclic) bond motifs is 1. The highest BCUT2D eigenvalue weighted by Crippen LogP contribution is 2.32. The molecular weight excluding hydrogens is 431 g/mol. The number of halogens is 2. The molecule has 0 spiro atoms. The molecule has 4 rings (SSSR count). The molecule has 0 bridgehead atoms. The number of aliphatic imine (C=N–C) groups is 1. The molecule has 0 saturated carbocycles. The Morgan fingerprint density at radius 3 is 2.72 bits per heavy atom. The Morgan fingerprint density at radius 1 is 1.24 bits per heavy atom. The summed E-state index contributed by atoms with van der Waals surface area (Å²) in [5, 5.41) is 16.5. The fourth-order valence-electron chi connectivity index (χ4n) is 2.88. The molecule has 0 saturated heterocycles. The second-order valence-electron chi connectivity index (χ2n) is 6.48. The highest BCUT2D eigenvalue weighted by Gasteiger charge is 2.35. The SMILES string of the molecule is CCCCC1=NN2C(=N)/C(=C/c3ccc(-c4cc(Cl)cc(Cl)c4)o3)C(=O)N=C2S1. The maximum Gasteiger partial charge on any atom is 0.283 e. The predicted molar refractivity (Wildman–Crippen MR) is 119 cm³/mol. The molecule has 1 aromatic carbocycles. The zero-order chi connectivity index (χ0) is 20.5. The second kappa shape index (κ2) is 8.18. The Kier molecular flexibility index (Phi) is 5.63. The number of carbonyl (C=O) groups excluding carboxylic acids is 1. The minimum Gasteiger partial charge on any atom is -0.457 e. The van der Waals surface area contributed by atoms with Crippen LogP contribution in [0.3, 0.4) is 0 Å². The third-order valence-electron chi connectivity index (χ3n) is 4.30. The molecule has 3 heterocycles. The molecule has 2 aromatic rings. The van der Waals surface area contributed by atoms with E-state index in [0.29, 0.717) is 26.7 Å². The van der Waals surface area contributed by atoms with Gasteiger partial charge < -0.3 is 4.42 Å². The van der Waals surface area contributed by atoms with Gasteiger partial charge in [0.15, 0.2) is 5.84 Å². The Labute approximate surface area is 181 Å². The van der Waals surface area contributed by atoms with Crippen molar-refractivity contribution in [2.45, 2.75) is 26.2 Å². The number of hydrogen-bond acceptors (Lipinski definition) is 5. The van der Waals surface area contributed by atoms with Crippen LogP contribution in [0.5, 0.6) is 0 Å². The van der Waals surface area contributed by atoms with Crippen molar-refractivity contribution in [1.29, 1.82) is 5.41 Å². The van der Waals surface area contributed by atoms with Crippen molar-refractivity contribution in [3.8, 4) is 11.3 Å². The van der Waals surface area contributed by atoms with Crippen LogP contribution in [0.15, 0.2) is 50.4 Å². The van der Waals surface area contributed by atoms with Crippen molar-refractivity contribution >= 4 is 63.0 Å². The molecule has 6 nitrogen and oxygen atoms in total. The molecule has 1 amide bonds. The van der Waals surface area contributed by atoms with E-state index in [-0.39, 0.29) is 11.4 Å². The molecule has 1 N–H and O–H groups in total. The van der Waals surface area contributed by atoms with Crippen LogP contribution in [0, 0.1) is 5.41 Å². The summed E-state index contributed by atoms with van der Waals surface area (Å²) in [6.45, 7) is 2.10. The van der Waals surface area contributed by atoms with E-state index in [9.17, 15) is 4.79 Å². The number of unbranched alkanes of at least 4 members (excludes halogenated alkanes) is 1. The Morgan fingerprint density at radius 2 is 2.00 bits per heavy atom. The number of nitrogens with zero attached hydrogens (tertiary/aromatic N) is 3. The van der Waals surface area contributed by atoms with E-state index in [1.54, 1.807) is 30.3 Å². The van der Waals surface area contributed by atoms with Crippen molar-refractivity contribution in [3.63, 3.8) is 0 Å². The predicted octanol–water partition coefficient (Wildman–Crippen LogP) is 6.06. The molecule has 0 fully saturated rings. The third kappa shape index (κ3) is 4.17. The fourth-order valence-corrected chi connectivity index (χ4v) is 4.34. The van der Waals surface area contributed by atoms with Crippen LogP contribution in [-0.2, 0) is 4.79 Å². The quantitative estimate of drug-likeness (QED) is 0.565. The molecular formula is C20H16Cl2N4O2S. The Balaban J connectivity index is 1.61. The monoisotopic (exact) mass is 446 g/mol. The zero-order valence-corrected chi connectivity index (χ0v) is 17.7. The van der Waals surface area contributed by atoms with Gasteiger partial charge in [0.05, 0.1) is 5.57 Å². The number of furan rings is 1. The summed E-state index contributed by atoms with van der Waals surface area (Å²) in [4.78, 5) is 16.6. The Bertz CT molecular complexity index is 1080. The van der Waals surface area contributed by atoms with Gasteiger partial charge in [-0.1, -0.05) is 36.5 Å². The van der Waals surface area contributed by atoms with Gasteiger partial charge in [0.25, 0.3) is 5.91 Å². The van der Waals surface area contributed by atoms with Crippen molar-refractivity contribution < 1.29 is 9.21 Å². The molecule has 0 atom stereocenters. The van der Waals surface area contributed by atoms with Gasteiger partial charge in [0, 0.05) is 15.6 Å². The molecule has 0 aliphatic carbocycles. The molecule has 29 heavy (non-hydrogen) atoms. The lowest BCUT2D eigenvalue weighted by molar-refractivity contribution is -0.114. The van der Waals surface area contributed by atoms with Crippen molar-refractivity contribution in [2.75, 3.05) is 0 Å². The fraction of sp³-hybridized carbons (Fsp3) is 0.200. The van der Waals surface area contributed by atoms with Crippen LogP contribution in [0.2, 0.25) is 10.0 Å². The largest absolute Gasteiger partial charge is 0.457 e. The first-order valence-corrected chi connectivity index (χ1v) is 10.6.